The topological polar surface area (TPSA) is 62.4 Å². The van der Waals surface area contributed by atoms with E-state index in [9.17, 15) is 4.79 Å². The Morgan fingerprint density at radius 3 is 2.48 bits per heavy atom. The first-order chi connectivity index (χ1) is 10.7. The maximum absolute atomic E-state index is 11.8. The van der Waals surface area contributed by atoms with Crippen LogP contribution < -0.4 is 20.9 Å². The van der Waals surface area contributed by atoms with E-state index in [4.69, 9.17) is 28.6 Å². The lowest BCUT2D eigenvalue weighted by molar-refractivity contribution is -0.123. The second kappa shape index (κ2) is 8.93. The molecule has 0 fully saturated rings. The fraction of sp³-hybridized carbons (Fsp3) is 0.500. The zero-order chi connectivity index (χ0) is 17.6. The van der Waals surface area contributed by atoms with Gasteiger partial charge in [0, 0.05) is 11.1 Å². The van der Waals surface area contributed by atoms with Crippen LogP contribution in [-0.2, 0) is 4.79 Å². The fourth-order valence-corrected chi connectivity index (χ4v) is 2.31. The van der Waals surface area contributed by atoms with E-state index in [2.05, 4.69) is 16.2 Å². The van der Waals surface area contributed by atoms with Gasteiger partial charge in [-0.1, -0.05) is 25.4 Å². The number of hydrogen-bond acceptors (Lipinski definition) is 3. The number of hydrogen-bond donors (Lipinski definition) is 3. The van der Waals surface area contributed by atoms with Crippen LogP contribution in [0.15, 0.2) is 12.1 Å². The van der Waals surface area contributed by atoms with Gasteiger partial charge in [0.2, 0.25) is 0 Å². The molecule has 23 heavy (non-hydrogen) atoms. The molecule has 0 aliphatic carbocycles. The van der Waals surface area contributed by atoms with Crippen LogP contribution in [0.25, 0.3) is 0 Å². The van der Waals surface area contributed by atoms with Crippen LogP contribution in [0.1, 0.15) is 44.7 Å². The lowest BCUT2D eigenvalue weighted by atomic mass is 10.0. The van der Waals surface area contributed by atoms with E-state index in [0.29, 0.717) is 15.9 Å². The molecule has 0 aliphatic rings. The summed E-state index contributed by atoms with van der Waals surface area (Å²) in [6.07, 6.45) is 0. The summed E-state index contributed by atoms with van der Waals surface area (Å²) in [5, 5.41) is 4.01. The van der Waals surface area contributed by atoms with Crippen LogP contribution >= 0.6 is 23.8 Å². The Bertz CT molecular complexity index is 577. The average Bonchev–Trinajstić information content (AvgIpc) is 2.44. The Labute approximate surface area is 148 Å². The number of hydrazine groups is 1. The molecule has 0 saturated heterocycles. The Balaban J connectivity index is 2.59. The van der Waals surface area contributed by atoms with Crippen LogP contribution in [0.4, 0.5) is 0 Å². The summed E-state index contributed by atoms with van der Waals surface area (Å²) in [5.41, 5.74) is 7.00. The molecule has 3 N–H and O–H groups in total. The highest BCUT2D eigenvalue weighted by atomic mass is 35.5. The van der Waals surface area contributed by atoms with Gasteiger partial charge in [0.15, 0.2) is 11.7 Å². The molecule has 0 aliphatic heterocycles. The number of benzene rings is 1. The lowest BCUT2D eigenvalue weighted by Gasteiger charge is -2.17. The molecule has 0 radical (unpaired) electrons. The molecule has 7 heteroatoms. The summed E-state index contributed by atoms with van der Waals surface area (Å²) in [4.78, 5) is 11.8. The number of rotatable bonds is 5. The molecule has 0 unspecified atom stereocenters. The van der Waals surface area contributed by atoms with Crippen molar-refractivity contribution in [3.8, 4) is 5.75 Å². The molecule has 0 spiro atoms. The Morgan fingerprint density at radius 2 is 1.91 bits per heavy atom. The van der Waals surface area contributed by atoms with Gasteiger partial charge in [-0.25, -0.2) is 0 Å². The third-order valence-corrected chi connectivity index (χ3v) is 3.63. The number of carbonyl (C=O) groups excluding carboxylic acids is 1. The van der Waals surface area contributed by atoms with E-state index in [1.807, 2.05) is 46.8 Å². The van der Waals surface area contributed by atoms with E-state index in [-0.39, 0.29) is 24.5 Å². The van der Waals surface area contributed by atoms with E-state index in [1.165, 1.54) is 0 Å². The number of thiocarbonyl (C=S) groups is 1. The van der Waals surface area contributed by atoms with E-state index >= 15 is 0 Å². The number of aryl methyl sites for hydroxylation is 1. The highest BCUT2D eigenvalue weighted by Gasteiger charge is 2.12. The van der Waals surface area contributed by atoms with Crippen LogP contribution in [-0.4, -0.2) is 23.7 Å². The first-order valence-corrected chi connectivity index (χ1v) is 8.27. The van der Waals surface area contributed by atoms with E-state index < -0.39 is 0 Å². The first-order valence-electron chi connectivity index (χ1n) is 7.49. The number of amides is 1. The highest BCUT2D eigenvalue weighted by Crippen LogP contribution is 2.31. The molecule has 1 amide bonds. The van der Waals surface area contributed by atoms with Crippen LogP contribution in [0, 0.1) is 6.92 Å². The third kappa shape index (κ3) is 6.62. The minimum Gasteiger partial charge on any atom is -0.483 e. The summed E-state index contributed by atoms with van der Waals surface area (Å²) in [7, 11) is 0. The van der Waals surface area contributed by atoms with Crippen molar-refractivity contribution in [1.29, 1.82) is 0 Å². The number of ether oxygens (including phenoxy) is 1. The minimum atomic E-state index is -0.319. The molecular weight excluding hydrogens is 334 g/mol. The number of carbonyl (C=O) groups is 1. The molecule has 0 saturated carbocycles. The van der Waals surface area contributed by atoms with Crippen molar-refractivity contribution in [2.24, 2.45) is 0 Å². The Hall–Kier alpha value is -1.53. The standard InChI is InChI=1S/C16H24ClN3O2S/c1-9(2)12-7-13(17)11(5)6-14(12)22-8-15(21)19-20-16(23)18-10(3)4/h6-7,9-10H,8H2,1-5H3,(H,19,21)(H2,18,20,23). The van der Waals surface area contributed by atoms with Crippen molar-refractivity contribution in [2.45, 2.75) is 46.6 Å². The Morgan fingerprint density at radius 1 is 1.26 bits per heavy atom. The summed E-state index contributed by atoms with van der Waals surface area (Å²) in [6.45, 7) is 9.79. The maximum Gasteiger partial charge on any atom is 0.276 e. The predicted octanol–water partition coefficient (Wildman–Crippen LogP) is 3.05. The van der Waals surface area contributed by atoms with Crippen LogP contribution in [0.3, 0.4) is 0 Å². The van der Waals surface area contributed by atoms with E-state index in [0.717, 1.165) is 11.1 Å². The zero-order valence-electron chi connectivity index (χ0n) is 14.1. The molecule has 1 rings (SSSR count). The molecule has 0 heterocycles. The quantitative estimate of drug-likeness (QED) is 0.558. The van der Waals surface area contributed by atoms with Crippen molar-refractivity contribution >= 4 is 34.8 Å². The summed E-state index contributed by atoms with van der Waals surface area (Å²) in [5.74, 6) is 0.590. The molecule has 5 nitrogen and oxygen atoms in total. The normalized spacial score (nSPS) is 10.6. The highest BCUT2D eigenvalue weighted by molar-refractivity contribution is 7.80. The molecule has 0 atom stereocenters. The second-order valence-corrected chi connectivity index (χ2v) is 6.70. The van der Waals surface area contributed by atoms with Gasteiger partial charge in [-0.2, -0.15) is 0 Å². The molecule has 128 valence electrons. The molecular formula is C16H24ClN3O2S. The fourth-order valence-electron chi connectivity index (χ4n) is 1.85. The number of nitrogens with one attached hydrogen (secondary N) is 3. The van der Waals surface area contributed by atoms with Gasteiger partial charge in [0.1, 0.15) is 5.75 Å². The van der Waals surface area contributed by atoms with E-state index in [1.54, 1.807) is 0 Å². The summed E-state index contributed by atoms with van der Waals surface area (Å²) < 4.78 is 5.64. The Kier molecular flexibility index (Phi) is 7.58. The van der Waals surface area contributed by atoms with Crippen molar-refractivity contribution < 1.29 is 9.53 Å². The van der Waals surface area contributed by atoms with Crippen molar-refractivity contribution in [3.05, 3.63) is 28.3 Å². The zero-order valence-corrected chi connectivity index (χ0v) is 15.7. The minimum absolute atomic E-state index is 0.113. The average molecular weight is 358 g/mol. The number of halogens is 1. The van der Waals surface area contributed by atoms with Crippen LogP contribution in [0.5, 0.6) is 5.75 Å². The molecule has 1 aromatic carbocycles. The van der Waals surface area contributed by atoms with Gasteiger partial charge >= 0.3 is 0 Å². The summed E-state index contributed by atoms with van der Waals surface area (Å²) in [6, 6.07) is 3.92. The summed E-state index contributed by atoms with van der Waals surface area (Å²) >= 11 is 11.2. The largest absolute Gasteiger partial charge is 0.483 e. The van der Waals surface area contributed by atoms with Crippen molar-refractivity contribution in [3.63, 3.8) is 0 Å². The van der Waals surface area contributed by atoms with Gasteiger partial charge < -0.3 is 10.1 Å². The monoisotopic (exact) mass is 357 g/mol. The smallest absolute Gasteiger partial charge is 0.276 e. The predicted molar refractivity (Wildman–Crippen MR) is 97.9 cm³/mol. The van der Waals surface area contributed by atoms with Gasteiger partial charge in [0.05, 0.1) is 0 Å². The van der Waals surface area contributed by atoms with Crippen molar-refractivity contribution in [2.75, 3.05) is 6.61 Å². The lowest BCUT2D eigenvalue weighted by Crippen LogP contribution is -2.49. The maximum atomic E-state index is 11.8. The van der Waals surface area contributed by atoms with Crippen LogP contribution in [0.2, 0.25) is 5.02 Å². The molecule has 0 bridgehead atoms. The molecule has 0 aromatic heterocycles. The SMILES string of the molecule is Cc1cc(OCC(=O)NNC(=S)NC(C)C)c(C(C)C)cc1Cl. The van der Waals surface area contributed by atoms with Gasteiger partial charge in [0.25, 0.3) is 5.91 Å². The van der Waals surface area contributed by atoms with Crippen molar-refractivity contribution in [1.82, 2.24) is 16.2 Å². The third-order valence-electron chi connectivity index (χ3n) is 3.01. The van der Waals surface area contributed by atoms with Gasteiger partial charge in [-0.05, 0) is 62.2 Å². The van der Waals surface area contributed by atoms with Gasteiger partial charge in [-0.3, -0.25) is 15.6 Å². The first kappa shape index (κ1) is 19.5. The molecule has 1 aromatic rings. The van der Waals surface area contributed by atoms with Gasteiger partial charge in [-0.15, -0.1) is 0 Å². The second-order valence-electron chi connectivity index (χ2n) is 5.88.